The molecule has 0 radical (unpaired) electrons. The number of carbonyl (C=O) groups excluding carboxylic acids is 1. The molecule has 1 aromatic heterocycles. The van der Waals surface area contributed by atoms with Crippen molar-refractivity contribution in [1.82, 2.24) is 9.88 Å². The highest BCUT2D eigenvalue weighted by Gasteiger charge is 2.31. The Hall–Kier alpha value is -2.79. The molecule has 0 unspecified atom stereocenters. The Labute approximate surface area is 146 Å². The molecule has 0 saturated carbocycles. The second kappa shape index (κ2) is 6.26. The summed E-state index contributed by atoms with van der Waals surface area (Å²) in [5.74, 6) is 0. The molecule has 4 rings (SSSR count). The third-order valence-electron chi connectivity index (χ3n) is 4.86. The van der Waals surface area contributed by atoms with Crippen LogP contribution in [0.15, 0.2) is 54.7 Å². The molecule has 0 aliphatic heterocycles. The van der Waals surface area contributed by atoms with Crippen molar-refractivity contribution in [1.29, 1.82) is 0 Å². The van der Waals surface area contributed by atoms with E-state index < -0.39 is 6.10 Å². The predicted molar refractivity (Wildman–Crippen MR) is 98.7 cm³/mol. The van der Waals surface area contributed by atoms with E-state index in [0.29, 0.717) is 6.42 Å². The third kappa shape index (κ3) is 2.87. The molecule has 0 saturated heterocycles. The summed E-state index contributed by atoms with van der Waals surface area (Å²) in [7, 11) is 0. The third-order valence-corrected chi connectivity index (χ3v) is 4.86. The lowest BCUT2D eigenvalue weighted by Crippen LogP contribution is -2.36. The van der Waals surface area contributed by atoms with Crippen molar-refractivity contribution in [3.05, 3.63) is 65.9 Å². The lowest BCUT2D eigenvalue weighted by Gasteiger charge is -2.18. The summed E-state index contributed by atoms with van der Waals surface area (Å²) in [5, 5.41) is 17.2. The summed E-state index contributed by atoms with van der Waals surface area (Å²) >= 11 is 0. The van der Waals surface area contributed by atoms with Crippen molar-refractivity contribution in [2.75, 3.05) is 5.32 Å². The van der Waals surface area contributed by atoms with E-state index in [4.69, 9.17) is 0 Å². The molecule has 0 bridgehead atoms. The number of fused-ring (bicyclic) bond motifs is 2. The molecule has 3 aromatic rings. The minimum absolute atomic E-state index is 0.310. The number of carbonyl (C=O) groups is 1. The van der Waals surface area contributed by atoms with Gasteiger partial charge in [0, 0.05) is 24.8 Å². The van der Waals surface area contributed by atoms with E-state index >= 15 is 0 Å². The van der Waals surface area contributed by atoms with E-state index in [1.165, 1.54) is 0 Å². The average molecular weight is 335 g/mol. The van der Waals surface area contributed by atoms with E-state index in [-0.39, 0.29) is 12.1 Å². The van der Waals surface area contributed by atoms with Gasteiger partial charge in [0.15, 0.2) is 0 Å². The molecule has 0 spiro atoms. The maximum Gasteiger partial charge on any atom is 0.319 e. The van der Waals surface area contributed by atoms with Crippen LogP contribution in [0.2, 0.25) is 0 Å². The largest absolute Gasteiger partial charge is 0.390 e. The van der Waals surface area contributed by atoms with Gasteiger partial charge in [-0.1, -0.05) is 30.3 Å². The van der Waals surface area contributed by atoms with Gasteiger partial charge in [0.25, 0.3) is 0 Å². The minimum Gasteiger partial charge on any atom is -0.390 e. The van der Waals surface area contributed by atoms with Crippen LogP contribution in [-0.2, 0) is 13.0 Å². The highest BCUT2D eigenvalue weighted by atomic mass is 16.3. The van der Waals surface area contributed by atoms with E-state index in [1.54, 1.807) is 0 Å². The minimum atomic E-state index is -0.594. The first-order chi connectivity index (χ1) is 12.2. The number of anilines is 1. The summed E-state index contributed by atoms with van der Waals surface area (Å²) in [6, 6.07) is 15.1. The fourth-order valence-corrected chi connectivity index (χ4v) is 3.59. The Morgan fingerprint density at radius 2 is 2.08 bits per heavy atom. The fourth-order valence-electron chi connectivity index (χ4n) is 3.59. The van der Waals surface area contributed by atoms with Crippen molar-refractivity contribution in [2.45, 2.75) is 32.0 Å². The van der Waals surface area contributed by atoms with Crippen LogP contribution in [0.4, 0.5) is 10.5 Å². The topological polar surface area (TPSA) is 66.3 Å². The molecule has 3 N–H and O–H groups in total. The average Bonchev–Trinajstić information content (AvgIpc) is 3.15. The van der Waals surface area contributed by atoms with Crippen molar-refractivity contribution < 1.29 is 9.90 Å². The Kier molecular flexibility index (Phi) is 3.93. The number of benzene rings is 2. The molecule has 5 heteroatoms. The van der Waals surface area contributed by atoms with Crippen molar-refractivity contribution in [3.63, 3.8) is 0 Å². The van der Waals surface area contributed by atoms with Gasteiger partial charge in [-0.3, -0.25) is 0 Å². The molecule has 0 fully saturated rings. The lowest BCUT2D eigenvalue weighted by atomic mass is 10.1. The predicted octanol–water partition coefficient (Wildman–Crippen LogP) is 3.44. The lowest BCUT2D eigenvalue weighted by molar-refractivity contribution is 0.144. The normalized spacial score (nSPS) is 19.0. The highest BCUT2D eigenvalue weighted by molar-refractivity contribution is 5.93. The Balaban J connectivity index is 1.51. The number of urea groups is 1. The number of amides is 2. The van der Waals surface area contributed by atoms with Gasteiger partial charge in [-0.2, -0.15) is 0 Å². The number of rotatable bonds is 3. The molecule has 1 aliphatic rings. The zero-order valence-electron chi connectivity index (χ0n) is 14.1. The Bertz CT molecular complexity index is 932. The van der Waals surface area contributed by atoms with Gasteiger partial charge < -0.3 is 20.3 Å². The van der Waals surface area contributed by atoms with Crippen LogP contribution in [0, 0.1) is 0 Å². The van der Waals surface area contributed by atoms with E-state index in [2.05, 4.69) is 28.2 Å². The van der Waals surface area contributed by atoms with E-state index in [9.17, 15) is 9.90 Å². The summed E-state index contributed by atoms with van der Waals surface area (Å²) in [6.45, 7) is 2.97. The van der Waals surface area contributed by atoms with Crippen LogP contribution < -0.4 is 10.6 Å². The standard InChI is InChI=1S/C20H21N3O2/c1-2-23-10-9-13-7-8-15(12-17(13)23)21-20(25)22-19-16-6-4-3-5-14(16)11-18(19)24/h3-10,12,18-19,24H,2,11H2,1H3,(H2,21,22,25)/t18-,19+/m1/s1. The molecule has 2 atom stereocenters. The quantitative estimate of drug-likeness (QED) is 0.686. The van der Waals surface area contributed by atoms with Crippen molar-refractivity contribution in [3.8, 4) is 0 Å². The highest BCUT2D eigenvalue weighted by Crippen LogP contribution is 2.31. The summed E-state index contributed by atoms with van der Waals surface area (Å²) < 4.78 is 2.13. The van der Waals surface area contributed by atoms with Gasteiger partial charge in [0.05, 0.1) is 17.7 Å². The van der Waals surface area contributed by atoms with E-state index in [0.717, 1.165) is 34.3 Å². The molecule has 2 aromatic carbocycles. The second-order valence-corrected chi connectivity index (χ2v) is 6.42. The Morgan fingerprint density at radius 1 is 1.24 bits per heavy atom. The van der Waals surface area contributed by atoms with Crippen LogP contribution in [0.1, 0.15) is 24.1 Å². The van der Waals surface area contributed by atoms with Gasteiger partial charge in [-0.15, -0.1) is 0 Å². The van der Waals surface area contributed by atoms with Crippen LogP contribution >= 0.6 is 0 Å². The van der Waals surface area contributed by atoms with Gasteiger partial charge in [0.1, 0.15) is 0 Å². The molecule has 5 nitrogen and oxygen atoms in total. The van der Waals surface area contributed by atoms with Crippen molar-refractivity contribution >= 4 is 22.6 Å². The van der Waals surface area contributed by atoms with Crippen LogP contribution in [0.3, 0.4) is 0 Å². The zero-order chi connectivity index (χ0) is 17.4. The summed E-state index contributed by atoms with van der Waals surface area (Å²) in [5.41, 5.74) is 3.90. The number of aliphatic hydroxyl groups is 1. The zero-order valence-corrected chi connectivity index (χ0v) is 14.1. The first kappa shape index (κ1) is 15.7. The number of nitrogens with zero attached hydrogens (tertiary/aromatic N) is 1. The number of aliphatic hydroxyl groups excluding tert-OH is 1. The van der Waals surface area contributed by atoms with Gasteiger partial charge in [-0.25, -0.2) is 4.79 Å². The van der Waals surface area contributed by atoms with Crippen LogP contribution in [0.5, 0.6) is 0 Å². The Morgan fingerprint density at radius 3 is 2.92 bits per heavy atom. The molecular weight excluding hydrogens is 314 g/mol. The van der Waals surface area contributed by atoms with Gasteiger partial charge in [-0.05, 0) is 41.6 Å². The van der Waals surface area contributed by atoms with E-state index in [1.807, 2.05) is 48.7 Å². The summed E-state index contributed by atoms with van der Waals surface area (Å²) in [4.78, 5) is 12.4. The molecule has 2 amide bonds. The molecule has 1 heterocycles. The van der Waals surface area contributed by atoms with Crippen molar-refractivity contribution in [2.24, 2.45) is 0 Å². The first-order valence-corrected chi connectivity index (χ1v) is 8.58. The smallest absolute Gasteiger partial charge is 0.319 e. The molecular formula is C20H21N3O2. The molecule has 1 aliphatic carbocycles. The van der Waals surface area contributed by atoms with Crippen LogP contribution in [-0.4, -0.2) is 21.8 Å². The molecule has 128 valence electrons. The number of aromatic nitrogens is 1. The monoisotopic (exact) mass is 335 g/mol. The number of nitrogens with one attached hydrogen (secondary N) is 2. The molecule has 25 heavy (non-hydrogen) atoms. The van der Waals surface area contributed by atoms with Gasteiger partial charge in [0.2, 0.25) is 0 Å². The second-order valence-electron chi connectivity index (χ2n) is 6.42. The number of hydrogen-bond acceptors (Lipinski definition) is 2. The summed E-state index contributed by atoms with van der Waals surface area (Å²) in [6.07, 6.45) is 2.01. The number of hydrogen-bond donors (Lipinski definition) is 3. The van der Waals surface area contributed by atoms with Crippen LogP contribution in [0.25, 0.3) is 10.9 Å². The maximum atomic E-state index is 12.4. The van der Waals surface area contributed by atoms with Gasteiger partial charge >= 0.3 is 6.03 Å². The first-order valence-electron chi connectivity index (χ1n) is 8.58. The fraction of sp³-hybridized carbons (Fsp3) is 0.250. The SMILES string of the molecule is CCn1ccc2ccc(NC(=O)N[C@H]3c4ccccc4C[C@H]3O)cc21. The maximum absolute atomic E-state index is 12.4. The number of aryl methyl sites for hydroxylation is 1.